The average molecular weight is 413 g/mol. The van der Waals surface area contributed by atoms with Crippen molar-refractivity contribution in [2.24, 2.45) is 0 Å². The summed E-state index contributed by atoms with van der Waals surface area (Å²) in [5.41, 5.74) is -0.398. The number of anilines is 1. The summed E-state index contributed by atoms with van der Waals surface area (Å²) in [6.45, 7) is 2.85. The smallest absolute Gasteiger partial charge is 0.350 e. The molecule has 0 spiro atoms. The zero-order valence-corrected chi connectivity index (χ0v) is 16.4. The van der Waals surface area contributed by atoms with Crippen LogP contribution in [0.4, 0.5) is 5.69 Å². The van der Waals surface area contributed by atoms with Gasteiger partial charge < -0.3 is 29.4 Å². The number of hydrogen-bond donors (Lipinski definition) is 2. The van der Waals surface area contributed by atoms with Crippen molar-refractivity contribution in [1.29, 1.82) is 0 Å². The molecule has 0 bridgehead atoms. The van der Waals surface area contributed by atoms with Gasteiger partial charge in [-0.2, -0.15) is 0 Å². The Hall–Kier alpha value is -4.01. The Balaban J connectivity index is 1.85. The standard InChI is InChI=1S/C21H19NO8/c1-21(2)29-19(25)14(20(26)30-21)11-22-15-9-8-12(10-13(15)18(23)24)28-17-7-5-4-6-16(17)27-3/h4-11,22H,1-3H3,(H,23,24). The number of benzene rings is 2. The van der Waals surface area contributed by atoms with Crippen LogP contribution < -0.4 is 14.8 Å². The number of carboxylic acids is 1. The molecule has 1 saturated heterocycles. The van der Waals surface area contributed by atoms with E-state index in [2.05, 4.69) is 5.32 Å². The summed E-state index contributed by atoms with van der Waals surface area (Å²) in [4.78, 5) is 35.7. The van der Waals surface area contributed by atoms with E-state index in [1.54, 1.807) is 24.3 Å². The second-order valence-electron chi connectivity index (χ2n) is 6.65. The van der Waals surface area contributed by atoms with Gasteiger partial charge in [-0.3, -0.25) is 0 Å². The Bertz CT molecular complexity index is 1020. The monoisotopic (exact) mass is 413 g/mol. The van der Waals surface area contributed by atoms with Crippen molar-refractivity contribution >= 4 is 23.6 Å². The number of hydrogen-bond acceptors (Lipinski definition) is 8. The highest BCUT2D eigenvalue weighted by atomic mass is 16.7. The Morgan fingerprint density at radius 1 is 1.07 bits per heavy atom. The fourth-order valence-electron chi connectivity index (χ4n) is 2.65. The quantitative estimate of drug-likeness (QED) is 0.417. The van der Waals surface area contributed by atoms with Crippen molar-refractivity contribution in [3.8, 4) is 17.2 Å². The largest absolute Gasteiger partial charge is 0.493 e. The number of methoxy groups -OCH3 is 1. The molecule has 2 N–H and O–H groups in total. The van der Waals surface area contributed by atoms with Gasteiger partial charge >= 0.3 is 17.9 Å². The van der Waals surface area contributed by atoms with Gasteiger partial charge in [-0.05, 0) is 30.3 Å². The molecule has 9 nitrogen and oxygen atoms in total. The van der Waals surface area contributed by atoms with Crippen molar-refractivity contribution in [2.75, 3.05) is 12.4 Å². The number of carbonyl (C=O) groups excluding carboxylic acids is 2. The van der Waals surface area contributed by atoms with E-state index >= 15 is 0 Å². The summed E-state index contributed by atoms with van der Waals surface area (Å²) in [6, 6.07) is 11.2. The predicted octanol–water partition coefficient (Wildman–Crippen LogP) is 3.32. The Labute approximate surface area is 171 Å². The summed E-state index contributed by atoms with van der Waals surface area (Å²) in [6.07, 6.45) is 1.04. The van der Waals surface area contributed by atoms with Crippen molar-refractivity contribution in [3.63, 3.8) is 0 Å². The molecule has 2 aromatic rings. The maximum Gasteiger partial charge on any atom is 0.350 e. The third kappa shape index (κ3) is 4.52. The first-order chi connectivity index (χ1) is 14.2. The summed E-state index contributed by atoms with van der Waals surface area (Å²) >= 11 is 0. The van der Waals surface area contributed by atoms with Crippen molar-refractivity contribution in [2.45, 2.75) is 19.6 Å². The third-order valence-electron chi connectivity index (χ3n) is 4.01. The van der Waals surface area contributed by atoms with Gasteiger partial charge in [0.05, 0.1) is 18.4 Å². The Morgan fingerprint density at radius 2 is 1.70 bits per heavy atom. The number of cyclic esters (lactones) is 2. The highest BCUT2D eigenvalue weighted by Crippen LogP contribution is 2.33. The Kier molecular flexibility index (Phi) is 5.63. The van der Waals surface area contributed by atoms with Gasteiger partial charge in [0, 0.05) is 20.0 Å². The molecular formula is C21H19NO8. The van der Waals surface area contributed by atoms with E-state index in [0.717, 1.165) is 6.20 Å². The lowest BCUT2D eigenvalue weighted by Gasteiger charge is -2.29. The molecule has 0 atom stereocenters. The molecule has 1 heterocycles. The van der Waals surface area contributed by atoms with Gasteiger partial charge in [-0.1, -0.05) is 12.1 Å². The van der Waals surface area contributed by atoms with E-state index in [1.807, 2.05) is 0 Å². The molecule has 1 fully saturated rings. The fraction of sp³-hybridized carbons (Fsp3) is 0.190. The number of aromatic carboxylic acids is 1. The van der Waals surface area contributed by atoms with Gasteiger partial charge in [0.25, 0.3) is 5.79 Å². The van der Waals surface area contributed by atoms with E-state index < -0.39 is 23.7 Å². The summed E-state index contributed by atoms with van der Waals surface area (Å²) in [5.74, 6) is -3.21. The van der Waals surface area contributed by atoms with Crippen LogP contribution in [0, 0.1) is 0 Å². The molecule has 0 amide bonds. The van der Waals surface area contributed by atoms with E-state index in [1.165, 1.54) is 39.2 Å². The van der Waals surface area contributed by atoms with E-state index in [0.29, 0.717) is 11.5 Å². The minimum atomic E-state index is -1.37. The molecule has 9 heteroatoms. The minimum absolute atomic E-state index is 0.132. The molecule has 0 aromatic heterocycles. The fourth-order valence-corrected chi connectivity index (χ4v) is 2.65. The van der Waals surface area contributed by atoms with Gasteiger partial charge in [-0.15, -0.1) is 0 Å². The Morgan fingerprint density at radius 3 is 2.30 bits per heavy atom. The number of rotatable bonds is 6. The lowest BCUT2D eigenvalue weighted by atomic mass is 10.1. The zero-order chi connectivity index (χ0) is 21.9. The van der Waals surface area contributed by atoms with Crippen molar-refractivity contribution in [1.82, 2.24) is 0 Å². The maximum atomic E-state index is 12.0. The van der Waals surface area contributed by atoms with Gasteiger partial charge in [-0.25, -0.2) is 14.4 Å². The molecule has 0 saturated carbocycles. The van der Waals surface area contributed by atoms with Crippen LogP contribution in [0.15, 0.2) is 54.2 Å². The second-order valence-corrected chi connectivity index (χ2v) is 6.65. The third-order valence-corrected chi connectivity index (χ3v) is 4.01. The van der Waals surface area contributed by atoms with Crippen molar-refractivity contribution in [3.05, 3.63) is 59.8 Å². The number of para-hydroxylation sites is 2. The molecule has 0 unspecified atom stereocenters. The van der Waals surface area contributed by atoms with Gasteiger partial charge in [0.2, 0.25) is 0 Å². The lowest BCUT2D eigenvalue weighted by Crippen LogP contribution is -2.42. The molecule has 156 valence electrons. The van der Waals surface area contributed by atoms with Gasteiger partial charge in [0.15, 0.2) is 17.1 Å². The van der Waals surface area contributed by atoms with Crippen LogP contribution in [0.3, 0.4) is 0 Å². The maximum absolute atomic E-state index is 12.0. The SMILES string of the molecule is COc1ccccc1Oc1ccc(NC=C2C(=O)OC(C)(C)OC2=O)c(C(=O)O)c1. The average Bonchev–Trinajstić information content (AvgIpc) is 2.67. The molecule has 1 aliphatic rings. The van der Waals surface area contributed by atoms with E-state index in [9.17, 15) is 19.5 Å². The summed E-state index contributed by atoms with van der Waals surface area (Å²) < 4.78 is 20.9. The van der Waals surface area contributed by atoms with Crippen LogP contribution in [0.25, 0.3) is 0 Å². The molecule has 0 aliphatic carbocycles. The zero-order valence-electron chi connectivity index (χ0n) is 16.4. The van der Waals surface area contributed by atoms with Crippen LogP contribution in [-0.4, -0.2) is 35.9 Å². The molecule has 2 aromatic carbocycles. The highest BCUT2D eigenvalue weighted by Gasteiger charge is 2.39. The first-order valence-electron chi connectivity index (χ1n) is 8.82. The molecule has 30 heavy (non-hydrogen) atoms. The number of carbonyl (C=O) groups is 3. The number of esters is 2. The van der Waals surface area contributed by atoms with Crippen LogP contribution >= 0.6 is 0 Å². The van der Waals surface area contributed by atoms with Crippen LogP contribution in [0.5, 0.6) is 17.2 Å². The number of ether oxygens (including phenoxy) is 4. The van der Waals surface area contributed by atoms with Crippen LogP contribution in [0.2, 0.25) is 0 Å². The first kappa shape index (κ1) is 20.7. The summed E-state index contributed by atoms with van der Waals surface area (Å²) in [7, 11) is 1.49. The molecule has 1 aliphatic heterocycles. The minimum Gasteiger partial charge on any atom is -0.493 e. The topological polar surface area (TPSA) is 120 Å². The van der Waals surface area contributed by atoms with Crippen molar-refractivity contribution < 1.29 is 38.4 Å². The lowest BCUT2D eigenvalue weighted by molar-refractivity contribution is -0.222. The second kappa shape index (κ2) is 8.16. The highest BCUT2D eigenvalue weighted by molar-refractivity contribution is 6.15. The molecular weight excluding hydrogens is 394 g/mol. The molecule has 0 radical (unpaired) electrons. The van der Waals surface area contributed by atoms with Gasteiger partial charge in [0.1, 0.15) is 5.75 Å². The van der Waals surface area contributed by atoms with E-state index in [-0.39, 0.29) is 22.6 Å². The number of carboxylic acid groups (broad SMARTS) is 1. The van der Waals surface area contributed by atoms with Crippen LogP contribution in [-0.2, 0) is 19.1 Å². The van der Waals surface area contributed by atoms with Crippen LogP contribution in [0.1, 0.15) is 24.2 Å². The van der Waals surface area contributed by atoms with E-state index in [4.69, 9.17) is 18.9 Å². The summed E-state index contributed by atoms with van der Waals surface area (Å²) in [5, 5.41) is 12.2. The predicted molar refractivity (Wildman–Crippen MR) is 104 cm³/mol. The number of nitrogens with one attached hydrogen (secondary N) is 1. The normalized spacial score (nSPS) is 15.0. The first-order valence-corrected chi connectivity index (χ1v) is 8.82. The molecule has 3 rings (SSSR count).